The van der Waals surface area contributed by atoms with Crippen molar-refractivity contribution in [3.8, 4) is 0 Å². The van der Waals surface area contributed by atoms with Crippen LogP contribution in [0.25, 0.3) is 0 Å². The molecule has 0 aromatic heterocycles. The third-order valence-corrected chi connectivity index (χ3v) is 1.64. The molecule has 1 unspecified atom stereocenters. The average molecular weight is 157 g/mol. The number of likely N-dealkylation sites (N-methyl/N-ethyl adjacent to an activating group) is 1. The molecule has 0 aliphatic carbocycles. The Kier molecular flexibility index (Phi) is 2.09. The highest BCUT2D eigenvalue weighted by atomic mass is 16.4. The zero-order chi connectivity index (χ0) is 8.43. The first-order chi connectivity index (χ1) is 5.13. The van der Waals surface area contributed by atoms with Crippen molar-refractivity contribution in [3.05, 3.63) is 0 Å². The van der Waals surface area contributed by atoms with E-state index in [0.717, 1.165) is 6.54 Å². The summed E-state index contributed by atoms with van der Waals surface area (Å²) in [6.45, 7) is 1.41. The Morgan fingerprint density at radius 3 is 2.91 bits per heavy atom. The highest BCUT2D eigenvalue weighted by Crippen LogP contribution is 2.00. The van der Waals surface area contributed by atoms with Crippen molar-refractivity contribution in [2.45, 2.75) is 6.04 Å². The van der Waals surface area contributed by atoms with Gasteiger partial charge in [0.05, 0.1) is 6.54 Å². The molecule has 5 nitrogen and oxygen atoms in total. The van der Waals surface area contributed by atoms with Crippen LogP contribution in [0.3, 0.4) is 0 Å². The van der Waals surface area contributed by atoms with Gasteiger partial charge in [-0.25, -0.2) is 0 Å². The lowest BCUT2D eigenvalue weighted by molar-refractivity contribution is -0.136. The molecule has 3 N–H and O–H groups in total. The molecule has 62 valence electrons. The van der Waals surface area contributed by atoms with Gasteiger partial charge < -0.3 is 15.7 Å². The van der Waals surface area contributed by atoms with Gasteiger partial charge in [0.2, 0.25) is 0 Å². The maximum absolute atomic E-state index is 10.4. The van der Waals surface area contributed by atoms with E-state index in [2.05, 4.69) is 4.99 Å². The summed E-state index contributed by atoms with van der Waals surface area (Å²) in [6.07, 6.45) is 0. The second-order valence-corrected chi connectivity index (χ2v) is 2.48. The smallest absolute Gasteiger partial charge is 0.328 e. The molecule has 0 fully saturated rings. The molecule has 0 spiro atoms. The fraction of sp³-hybridized carbons (Fsp3) is 0.667. The highest BCUT2D eigenvalue weighted by Gasteiger charge is 2.24. The number of rotatable bonds is 2. The molecule has 0 radical (unpaired) electrons. The van der Waals surface area contributed by atoms with Gasteiger partial charge >= 0.3 is 5.97 Å². The first-order valence-corrected chi connectivity index (χ1v) is 3.37. The molecule has 1 atom stereocenters. The highest BCUT2D eigenvalue weighted by molar-refractivity contribution is 6.04. The molecule has 1 aliphatic heterocycles. The molecular formula is C6H11N3O2. The first kappa shape index (κ1) is 8.00. The molecule has 11 heavy (non-hydrogen) atoms. The SMILES string of the molecule is CN1CCN=C1C(N)C(=O)O. The van der Waals surface area contributed by atoms with Crippen LogP contribution in [0, 0.1) is 0 Å². The largest absolute Gasteiger partial charge is 0.480 e. The quantitative estimate of drug-likeness (QED) is 0.524. The lowest BCUT2D eigenvalue weighted by atomic mass is 10.3. The van der Waals surface area contributed by atoms with Crippen molar-refractivity contribution in [1.29, 1.82) is 0 Å². The molecule has 1 rings (SSSR count). The minimum atomic E-state index is -1.03. The van der Waals surface area contributed by atoms with Crippen LogP contribution in [-0.4, -0.2) is 48.0 Å². The Morgan fingerprint density at radius 2 is 2.55 bits per heavy atom. The van der Waals surface area contributed by atoms with Crippen molar-refractivity contribution in [3.63, 3.8) is 0 Å². The van der Waals surface area contributed by atoms with Crippen molar-refractivity contribution in [1.82, 2.24) is 4.90 Å². The topological polar surface area (TPSA) is 78.9 Å². The lowest BCUT2D eigenvalue weighted by Gasteiger charge is -2.16. The van der Waals surface area contributed by atoms with Crippen molar-refractivity contribution in [2.75, 3.05) is 20.1 Å². The van der Waals surface area contributed by atoms with Gasteiger partial charge in [-0.05, 0) is 0 Å². The van der Waals surface area contributed by atoms with Gasteiger partial charge in [0.25, 0.3) is 0 Å². The normalized spacial score (nSPS) is 19.8. The van der Waals surface area contributed by atoms with Crippen LogP contribution < -0.4 is 5.73 Å². The molecule has 0 aromatic carbocycles. The molecule has 5 heteroatoms. The first-order valence-electron chi connectivity index (χ1n) is 3.37. The van der Waals surface area contributed by atoms with E-state index >= 15 is 0 Å². The summed E-state index contributed by atoms with van der Waals surface area (Å²) >= 11 is 0. The molecule has 0 saturated heterocycles. The van der Waals surface area contributed by atoms with E-state index in [4.69, 9.17) is 10.8 Å². The van der Waals surface area contributed by atoms with Gasteiger partial charge in [0.1, 0.15) is 5.84 Å². The van der Waals surface area contributed by atoms with Crippen molar-refractivity contribution in [2.24, 2.45) is 10.7 Å². The second kappa shape index (κ2) is 2.87. The summed E-state index contributed by atoms with van der Waals surface area (Å²) in [7, 11) is 1.79. The minimum Gasteiger partial charge on any atom is -0.480 e. The maximum atomic E-state index is 10.4. The number of aliphatic imine (C=N–C) groups is 1. The van der Waals surface area contributed by atoms with Gasteiger partial charge in [-0.15, -0.1) is 0 Å². The standard InChI is InChI=1S/C6H11N3O2/c1-9-3-2-8-5(9)4(7)6(10)11/h4H,2-3,7H2,1H3,(H,10,11). The zero-order valence-electron chi connectivity index (χ0n) is 6.32. The number of hydrogen-bond donors (Lipinski definition) is 2. The Hall–Kier alpha value is -1.10. The number of nitrogens with two attached hydrogens (primary N) is 1. The fourth-order valence-corrected chi connectivity index (χ4v) is 0.996. The van der Waals surface area contributed by atoms with E-state index in [9.17, 15) is 4.79 Å². The summed E-state index contributed by atoms with van der Waals surface area (Å²) < 4.78 is 0. The van der Waals surface area contributed by atoms with Crippen LogP contribution in [0.4, 0.5) is 0 Å². The van der Waals surface area contributed by atoms with Crippen molar-refractivity contribution >= 4 is 11.8 Å². The van der Waals surface area contributed by atoms with E-state index in [1.165, 1.54) is 0 Å². The van der Waals surface area contributed by atoms with Gasteiger partial charge in [-0.3, -0.25) is 9.79 Å². The molecular weight excluding hydrogens is 146 g/mol. The summed E-state index contributed by atoms with van der Waals surface area (Å²) in [6, 6.07) is -0.970. The van der Waals surface area contributed by atoms with Gasteiger partial charge in [0, 0.05) is 13.6 Å². The molecule has 0 amide bonds. The Bertz CT molecular complexity index is 202. The molecule has 0 saturated carbocycles. The van der Waals surface area contributed by atoms with Crippen LogP contribution in [0.2, 0.25) is 0 Å². The monoisotopic (exact) mass is 157 g/mol. The summed E-state index contributed by atoms with van der Waals surface area (Å²) in [5.41, 5.74) is 5.34. The second-order valence-electron chi connectivity index (χ2n) is 2.48. The fourth-order valence-electron chi connectivity index (χ4n) is 0.996. The van der Waals surface area contributed by atoms with Gasteiger partial charge in [0.15, 0.2) is 6.04 Å². The van der Waals surface area contributed by atoms with E-state index in [0.29, 0.717) is 12.4 Å². The van der Waals surface area contributed by atoms with Gasteiger partial charge in [-0.2, -0.15) is 0 Å². The molecule has 1 heterocycles. The maximum Gasteiger partial charge on any atom is 0.328 e. The Morgan fingerprint density at radius 1 is 1.91 bits per heavy atom. The summed E-state index contributed by atoms with van der Waals surface area (Å²) in [5, 5.41) is 8.53. The van der Waals surface area contributed by atoms with Gasteiger partial charge in [-0.1, -0.05) is 0 Å². The molecule has 0 bridgehead atoms. The Balaban J connectivity index is 2.66. The summed E-state index contributed by atoms with van der Waals surface area (Å²) in [5.74, 6) is -0.560. The van der Waals surface area contributed by atoms with Crippen LogP contribution in [0.15, 0.2) is 4.99 Å². The predicted molar refractivity (Wildman–Crippen MR) is 40.5 cm³/mol. The van der Waals surface area contributed by atoms with E-state index in [1.54, 1.807) is 11.9 Å². The minimum absolute atomic E-state index is 0.470. The van der Waals surface area contributed by atoms with Crippen LogP contribution in [0.1, 0.15) is 0 Å². The van der Waals surface area contributed by atoms with E-state index < -0.39 is 12.0 Å². The van der Waals surface area contributed by atoms with Crippen molar-refractivity contribution < 1.29 is 9.90 Å². The van der Waals surface area contributed by atoms with Crippen LogP contribution in [-0.2, 0) is 4.79 Å². The zero-order valence-corrected chi connectivity index (χ0v) is 6.32. The van der Waals surface area contributed by atoms with E-state index in [1.807, 2.05) is 0 Å². The number of carboxylic acids is 1. The number of amidine groups is 1. The number of aliphatic carboxylic acids is 1. The third kappa shape index (κ3) is 1.48. The lowest BCUT2D eigenvalue weighted by Crippen LogP contribution is -2.44. The predicted octanol–water partition coefficient (Wildman–Crippen LogP) is -1.26. The number of nitrogens with zero attached hydrogens (tertiary/aromatic N) is 2. The number of carbonyl (C=O) groups is 1. The summed E-state index contributed by atoms with van der Waals surface area (Å²) in [4.78, 5) is 16.1. The van der Waals surface area contributed by atoms with E-state index in [-0.39, 0.29) is 0 Å². The number of carboxylic acid groups (broad SMARTS) is 1. The van der Waals surface area contributed by atoms with Crippen LogP contribution >= 0.6 is 0 Å². The van der Waals surface area contributed by atoms with Crippen LogP contribution in [0.5, 0.6) is 0 Å². The molecule has 0 aromatic rings. The Labute approximate surface area is 64.5 Å². The molecule has 1 aliphatic rings. The average Bonchev–Trinajstić information content (AvgIpc) is 2.33. The number of hydrogen-bond acceptors (Lipinski definition) is 4. The third-order valence-electron chi connectivity index (χ3n) is 1.64.